The Kier molecular flexibility index (Phi) is 8.45. The number of benzene rings is 3. The first-order valence-electron chi connectivity index (χ1n) is 12.8. The smallest absolute Gasteiger partial charge is 0.338 e. The normalized spacial score (nSPS) is 26.7. The first-order chi connectivity index (χ1) is 18.6. The zero-order valence-electron chi connectivity index (χ0n) is 21.2. The Hall–Kier alpha value is -3.56. The molecular formula is C30H32N2O6. The third-order valence-electron chi connectivity index (χ3n) is 6.74. The van der Waals surface area contributed by atoms with Gasteiger partial charge in [-0.05, 0) is 17.7 Å². The van der Waals surface area contributed by atoms with E-state index in [9.17, 15) is 9.59 Å². The first kappa shape index (κ1) is 26.1. The molecule has 6 atom stereocenters. The van der Waals surface area contributed by atoms with Crippen LogP contribution < -0.4 is 10.6 Å². The first-order valence-corrected chi connectivity index (χ1v) is 12.8. The molecule has 2 aliphatic heterocycles. The maximum Gasteiger partial charge on any atom is 0.338 e. The van der Waals surface area contributed by atoms with Gasteiger partial charge in [-0.25, -0.2) is 4.79 Å². The van der Waals surface area contributed by atoms with Crippen molar-refractivity contribution in [1.82, 2.24) is 10.6 Å². The second-order valence-electron chi connectivity index (χ2n) is 9.45. The van der Waals surface area contributed by atoms with E-state index in [1.807, 2.05) is 66.7 Å². The predicted molar refractivity (Wildman–Crippen MR) is 140 cm³/mol. The highest BCUT2D eigenvalue weighted by molar-refractivity contribution is 5.89. The van der Waals surface area contributed by atoms with Gasteiger partial charge in [0.25, 0.3) is 0 Å². The number of hydrogen-bond donors (Lipinski definition) is 2. The molecule has 198 valence electrons. The predicted octanol–water partition coefficient (Wildman–Crippen LogP) is 3.39. The summed E-state index contributed by atoms with van der Waals surface area (Å²) in [6, 6.07) is 28.1. The quantitative estimate of drug-likeness (QED) is 0.443. The van der Waals surface area contributed by atoms with Gasteiger partial charge in [-0.1, -0.05) is 78.9 Å². The molecule has 0 aliphatic carbocycles. The molecule has 0 spiro atoms. The van der Waals surface area contributed by atoms with E-state index >= 15 is 0 Å². The number of rotatable bonds is 8. The highest BCUT2D eigenvalue weighted by Gasteiger charge is 2.51. The molecule has 0 bridgehead atoms. The zero-order valence-corrected chi connectivity index (χ0v) is 21.2. The number of nitrogens with one attached hydrogen (secondary N) is 2. The van der Waals surface area contributed by atoms with Gasteiger partial charge in [0.2, 0.25) is 5.91 Å². The number of carbonyl (C=O) groups is 2. The van der Waals surface area contributed by atoms with Crippen LogP contribution in [0.5, 0.6) is 0 Å². The molecule has 1 amide bonds. The van der Waals surface area contributed by atoms with Crippen LogP contribution in [0.15, 0.2) is 91.0 Å². The van der Waals surface area contributed by atoms with Crippen molar-refractivity contribution in [3.63, 3.8) is 0 Å². The molecule has 3 aromatic rings. The number of esters is 1. The van der Waals surface area contributed by atoms with Crippen LogP contribution in [0, 0.1) is 0 Å². The third-order valence-corrected chi connectivity index (χ3v) is 6.74. The van der Waals surface area contributed by atoms with Crippen molar-refractivity contribution in [1.29, 1.82) is 0 Å². The van der Waals surface area contributed by atoms with Gasteiger partial charge in [0.15, 0.2) is 6.29 Å². The van der Waals surface area contributed by atoms with Crippen LogP contribution in [0.4, 0.5) is 0 Å². The van der Waals surface area contributed by atoms with Gasteiger partial charge in [0, 0.05) is 25.6 Å². The fraction of sp³-hybridized carbons (Fsp3) is 0.333. The standard InChI is InChI=1S/C30H32N2O6/c1-20(33)31-18-24-27(37-29(34)22-13-7-3-8-14-22)26(32-17-21-11-5-2-6-12-21)28-25(36-24)19-35-30(38-28)23-15-9-4-10-16-23/h2-16,24-28,30,32H,17-19H2,1H3,(H,31,33)/t24-,25+,26-,27+,28+,30?/m0/s1. The zero-order chi connectivity index (χ0) is 26.3. The Morgan fingerprint density at radius 2 is 1.55 bits per heavy atom. The van der Waals surface area contributed by atoms with Crippen molar-refractivity contribution in [3.05, 3.63) is 108 Å². The summed E-state index contributed by atoms with van der Waals surface area (Å²) in [6.45, 7) is 2.45. The molecule has 2 N–H and O–H groups in total. The van der Waals surface area contributed by atoms with Gasteiger partial charge >= 0.3 is 5.97 Å². The van der Waals surface area contributed by atoms with Gasteiger partial charge in [0.1, 0.15) is 24.4 Å². The van der Waals surface area contributed by atoms with E-state index in [1.54, 1.807) is 24.3 Å². The number of ether oxygens (including phenoxy) is 4. The third kappa shape index (κ3) is 6.28. The van der Waals surface area contributed by atoms with Crippen LogP contribution in [0.2, 0.25) is 0 Å². The Balaban J connectivity index is 1.44. The van der Waals surface area contributed by atoms with Gasteiger partial charge in [0.05, 0.1) is 18.2 Å². The number of hydrogen-bond acceptors (Lipinski definition) is 7. The van der Waals surface area contributed by atoms with Crippen molar-refractivity contribution < 1.29 is 28.5 Å². The van der Waals surface area contributed by atoms with Crippen molar-refractivity contribution in [2.24, 2.45) is 0 Å². The van der Waals surface area contributed by atoms with E-state index in [0.29, 0.717) is 18.7 Å². The number of carbonyl (C=O) groups excluding carboxylic acids is 2. The maximum atomic E-state index is 13.2. The summed E-state index contributed by atoms with van der Waals surface area (Å²) in [5.41, 5.74) is 2.41. The van der Waals surface area contributed by atoms with E-state index in [1.165, 1.54) is 6.92 Å². The fourth-order valence-corrected chi connectivity index (χ4v) is 4.87. The molecule has 8 heteroatoms. The lowest BCUT2D eigenvalue weighted by molar-refractivity contribution is -0.308. The molecule has 0 aromatic heterocycles. The van der Waals surface area contributed by atoms with Gasteiger partial charge in [-0.3, -0.25) is 4.79 Å². The minimum Gasteiger partial charge on any atom is -0.454 e. The molecule has 2 fully saturated rings. The average Bonchev–Trinajstić information content (AvgIpc) is 2.96. The summed E-state index contributed by atoms with van der Waals surface area (Å²) in [4.78, 5) is 25.0. The van der Waals surface area contributed by atoms with Crippen LogP contribution in [0.3, 0.4) is 0 Å². The molecule has 1 unspecified atom stereocenters. The number of fused-ring (bicyclic) bond motifs is 1. The second-order valence-corrected chi connectivity index (χ2v) is 9.45. The lowest BCUT2D eigenvalue weighted by Gasteiger charge is -2.49. The monoisotopic (exact) mass is 516 g/mol. The lowest BCUT2D eigenvalue weighted by Crippen LogP contribution is -2.68. The van der Waals surface area contributed by atoms with Crippen molar-refractivity contribution in [3.8, 4) is 0 Å². The molecule has 8 nitrogen and oxygen atoms in total. The molecule has 2 saturated heterocycles. The van der Waals surface area contributed by atoms with Crippen LogP contribution in [-0.2, 0) is 30.3 Å². The minimum atomic E-state index is -0.742. The molecule has 0 saturated carbocycles. The maximum absolute atomic E-state index is 13.2. The van der Waals surface area contributed by atoms with E-state index in [2.05, 4.69) is 10.6 Å². The van der Waals surface area contributed by atoms with E-state index in [-0.39, 0.29) is 12.5 Å². The SMILES string of the molecule is CC(=O)NC[C@@H]1O[C@@H]2COC(c3ccccc3)O[C@H]2[C@@H](NCc2ccccc2)[C@@H]1OC(=O)c1ccccc1. The molecule has 3 aromatic carbocycles. The molecule has 2 aliphatic rings. The van der Waals surface area contributed by atoms with Crippen molar-refractivity contribution in [2.45, 2.75) is 50.2 Å². The Morgan fingerprint density at radius 1 is 0.895 bits per heavy atom. The topological polar surface area (TPSA) is 95.1 Å². The molecule has 5 rings (SSSR count). The largest absolute Gasteiger partial charge is 0.454 e. The van der Waals surface area contributed by atoms with E-state index < -0.39 is 42.7 Å². The van der Waals surface area contributed by atoms with E-state index in [4.69, 9.17) is 18.9 Å². The number of amides is 1. The fourth-order valence-electron chi connectivity index (χ4n) is 4.87. The Bertz CT molecular complexity index is 1190. The average molecular weight is 517 g/mol. The van der Waals surface area contributed by atoms with Crippen molar-refractivity contribution >= 4 is 11.9 Å². The summed E-state index contributed by atoms with van der Waals surface area (Å²) in [5, 5.41) is 6.40. The van der Waals surface area contributed by atoms with Gasteiger partial charge in [-0.2, -0.15) is 0 Å². The van der Waals surface area contributed by atoms with Gasteiger partial charge in [-0.15, -0.1) is 0 Å². The molecular weight excluding hydrogens is 484 g/mol. The highest BCUT2D eigenvalue weighted by atomic mass is 16.7. The molecule has 2 heterocycles. The van der Waals surface area contributed by atoms with E-state index in [0.717, 1.165) is 11.1 Å². The summed E-state index contributed by atoms with van der Waals surface area (Å²) < 4.78 is 25.0. The Labute approximate surface area is 222 Å². The molecule has 38 heavy (non-hydrogen) atoms. The minimum absolute atomic E-state index is 0.178. The summed E-state index contributed by atoms with van der Waals surface area (Å²) in [6.07, 6.45) is -2.83. The highest BCUT2D eigenvalue weighted by Crippen LogP contribution is 2.35. The summed E-state index contributed by atoms with van der Waals surface area (Å²) in [7, 11) is 0. The van der Waals surface area contributed by atoms with Crippen molar-refractivity contribution in [2.75, 3.05) is 13.2 Å². The lowest BCUT2D eigenvalue weighted by atomic mass is 9.90. The van der Waals surface area contributed by atoms with Crippen LogP contribution in [0.25, 0.3) is 0 Å². The molecule has 0 radical (unpaired) electrons. The Morgan fingerprint density at radius 3 is 2.24 bits per heavy atom. The van der Waals surface area contributed by atoms with Crippen LogP contribution >= 0.6 is 0 Å². The second kappa shape index (κ2) is 12.3. The van der Waals surface area contributed by atoms with Crippen LogP contribution in [-0.4, -0.2) is 55.5 Å². The van der Waals surface area contributed by atoms with Crippen LogP contribution in [0.1, 0.15) is 34.7 Å². The van der Waals surface area contributed by atoms with Gasteiger partial charge < -0.3 is 29.6 Å². The summed E-state index contributed by atoms with van der Waals surface area (Å²) >= 11 is 0. The summed E-state index contributed by atoms with van der Waals surface area (Å²) in [5.74, 6) is -0.665.